The second-order valence-corrected chi connectivity index (χ2v) is 17.3. The first-order valence-corrected chi connectivity index (χ1v) is 18.1. The monoisotopic (exact) mass is 644 g/mol. The minimum absolute atomic E-state index is 0.0174. The number of nitrogens with zero attached hydrogens (tertiary/aromatic N) is 3. The first-order chi connectivity index (χ1) is 19.9. The molecule has 1 N–H and O–H groups in total. The molecule has 42 heavy (non-hydrogen) atoms. The highest BCUT2D eigenvalue weighted by Gasteiger charge is 2.44. The second kappa shape index (κ2) is 11.7. The fourth-order valence-corrected chi connectivity index (χ4v) is 5.97. The number of nitrogens with one attached hydrogen (secondary N) is 1. The van der Waals surface area contributed by atoms with Gasteiger partial charge < -0.3 is 19.4 Å². The van der Waals surface area contributed by atoms with Gasteiger partial charge in [0.05, 0.1) is 19.3 Å². The summed E-state index contributed by atoms with van der Waals surface area (Å²) < 4.78 is 11.7. The molecule has 3 heterocycles. The molecule has 0 saturated carbocycles. The molecule has 2 aromatic carbocycles. The molecule has 5 rings (SSSR count). The molecule has 2 unspecified atom stereocenters. The molecule has 1 amide bonds. The quantitative estimate of drug-likeness (QED) is 0.161. The van der Waals surface area contributed by atoms with Crippen molar-refractivity contribution in [2.75, 3.05) is 7.11 Å². The summed E-state index contributed by atoms with van der Waals surface area (Å²) in [7, 11) is -0.513. The molecule has 0 bridgehead atoms. The Morgan fingerprint density at radius 1 is 1.07 bits per heavy atom. The van der Waals surface area contributed by atoms with Crippen LogP contribution >= 0.6 is 15.9 Å². The summed E-state index contributed by atoms with van der Waals surface area (Å²) in [4.78, 5) is 40.9. The van der Waals surface area contributed by atoms with Gasteiger partial charge in [-0.25, -0.2) is 14.8 Å². The Morgan fingerprint density at radius 2 is 1.76 bits per heavy atom. The topological polar surface area (TPSA) is 97.4 Å². The Bertz CT molecular complexity index is 1700. The number of benzene rings is 2. The van der Waals surface area contributed by atoms with Crippen molar-refractivity contribution in [3.63, 3.8) is 0 Å². The molecule has 216 valence electrons. The van der Waals surface area contributed by atoms with Crippen LogP contribution in [0.4, 0.5) is 0 Å². The molecule has 4 aromatic rings. The van der Waals surface area contributed by atoms with Crippen LogP contribution in [-0.2, 0) is 20.7 Å². The van der Waals surface area contributed by atoms with E-state index < -0.39 is 32.0 Å². The lowest BCUT2D eigenvalue weighted by molar-refractivity contribution is -0.153. The number of methoxy groups -OCH3 is 1. The Balaban J connectivity index is 1.63. The average molecular weight is 646 g/mol. The number of ether oxygens (including phenoxy) is 2. The Hall–Kier alpha value is -3.94. The minimum atomic E-state index is -1.86. The number of amides is 1. The van der Waals surface area contributed by atoms with Gasteiger partial charge in [-0.2, -0.15) is 0 Å². The average Bonchev–Trinajstić information content (AvgIpc) is 3.31. The standard InChI is InChI=1S/C32H33BrN4O4Si/c1-19(2)41-32-34-17-22(18-35-32)20-7-9-21(10-8-20)30-29-25(24-15-23(33)11-12-26(24)36-29)16-27(31(39)40-3)37(30)28(38)13-14-42(4,5)6/h7-12,15,17-19,27,30,36H,16H2,1-6H3. The van der Waals surface area contributed by atoms with Crippen LogP contribution in [0.1, 0.15) is 36.7 Å². The molecule has 2 atom stereocenters. The maximum Gasteiger partial charge on any atom is 0.328 e. The zero-order valence-electron chi connectivity index (χ0n) is 24.5. The number of aromatic amines is 1. The lowest BCUT2D eigenvalue weighted by atomic mass is 9.87. The van der Waals surface area contributed by atoms with Crippen molar-refractivity contribution in [3.05, 3.63) is 76.2 Å². The van der Waals surface area contributed by atoms with Gasteiger partial charge in [-0.1, -0.05) is 59.8 Å². The third kappa shape index (κ3) is 6.13. The van der Waals surface area contributed by atoms with Crippen LogP contribution in [0.25, 0.3) is 22.0 Å². The van der Waals surface area contributed by atoms with Crippen LogP contribution in [0, 0.1) is 11.5 Å². The largest absolute Gasteiger partial charge is 0.467 e. The maximum atomic E-state index is 13.9. The van der Waals surface area contributed by atoms with Crippen LogP contribution in [-0.4, -0.2) is 59.1 Å². The van der Waals surface area contributed by atoms with Crippen molar-refractivity contribution in [2.45, 2.75) is 58.1 Å². The normalized spacial score (nSPS) is 16.5. The van der Waals surface area contributed by atoms with Crippen molar-refractivity contribution >= 4 is 46.8 Å². The Kier molecular flexibility index (Phi) is 8.26. The van der Waals surface area contributed by atoms with Crippen molar-refractivity contribution in [3.8, 4) is 28.6 Å². The second-order valence-electron chi connectivity index (χ2n) is 11.6. The third-order valence-electron chi connectivity index (χ3n) is 6.97. The van der Waals surface area contributed by atoms with Gasteiger partial charge in [-0.15, -0.1) is 5.54 Å². The van der Waals surface area contributed by atoms with Gasteiger partial charge in [0.2, 0.25) is 0 Å². The van der Waals surface area contributed by atoms with Gasteiger partial charge >= 0.3 is 12.0 Å². The van der Waals surface area contributed by atoms with Gasteiger partial charge in [0, 0.05) is 45.4 Å². The van der Waals surface area contributed by atoms with Gasteiger partial charge in [0.1, 0.15) is 14.1 Å². The molecule has 2 aromatic heterocycles. The van der Waals surface area contributed by atoms with Gasteiger partial charge in [-0.05, 0) is 54.7 Å². The van der Waals surface area contributed by atoms with E-state index in [9.17, 15) is 9.59 Å². The van der Waals surface area contributed by atoms with E-state index in [1.165, 1.54) is 7.11 Å². The molecule has 8 nitrogen and oxygen atoms in total. The first-order valence-electron chi connectivity index (χ1n) is 13.8. The van der Waals surface area contributed by atoms with Gasteiger partial charge in [0.25, 0.3) is 5.91 Å². The number of hydrogen-bond donors (Lipinski definition) is 1. The summed E-state index contributed by atoms with van der Waals surface area (Å²) in [5, 5.41) is 0.996. The minimum Gasteiger partial charge on any atom is -0.467 e. The highest BCUT2D eigenvalue weighted by Crippen LogP contribution is 2.42. The number of halogens is 1. The zero-order valence-corrected chi connectivity index (χ0v) is 27.1. The first kappa shape index (κ1) is 29.5. The molecule has 0 fully saturated rings. The molecule has 0 saturated heterocycles. The zero-order chi connectivity index (χ0) is 30.2. The van der Waals surface area contributed by atoms with Gasteiger partial charge in [0.15, 0.2) is 0 Å². The number of H-pyrrole nitrogens is 1. The summed E-state index contributed by atoms with van der Waals surface area (Å²) in [6.07, 6.45) is 3.75. The smallest absolute Gasteiger partial charge is 0.328 e. The molecule has 10 heteroatoms. The van der Waals surface area contributed by atoms with Crippen molar-refractivity contribution in [1.29, 1.82) is 0 Å². The predicted molar refractivity (Wildman–Crippen MR) is 169 cm³/mol. The predicted octanol–water partition coefficient (Wildman–Crippen LogP) is 6.07. The van der Waals surface area contributed by atoms with E-state index in [2.05, 4.69) is 62.0 Å². The lowest BCUT2D eigenvalue weighted by Gasteiger charge is -2.40. The van der Waals surface area contributed by atoms with E-state index in [0.29, 0.717) is 12.4 Å². The maximum absolute atomic E-state index is 13.9. The fourth-order valence-electron chi connectivity index (χ4n) is 5.12. The molecular formula is C32H33BrN4O4Si. The SMILES string of the molecule is COC(=O)C1Cc2c([nH]c3ccc(Br)cc23)C(c2ccc(-c3cnc(OC(C)C)nc3)cc2)N1C(=O)C#C[Si](C)(C)C. The van der Waals surface area contributed by atoms with E-state index in [1.54, 1.807) is 17.3 Å². The van der Waals surface area contributed by atoms with Crippen LogP contribution in [0.5, 0.6) is 6.01 Å². The number of carbonyl (C=O) groups is 2. The van der Waals surface area contributed by atoms with E-state index in [0.717, 1.165) is 43.3 Å². The number of aromatic nitrogens is 3. The van der Waals surface area contributed by atoms with Crippen LogP contribution in [0.3, 0.4) is 0 Å². The summed E-state index contributed by atoms with van der Waals surface area (Å²) >= 11 is 3.58. The molecule has 0 spiro atoms. The number of carbonyl (C=O) groups excluding carboxylic acids is 2. The molecule has 0 aliphatic carbocycles. The highest BCUT2D eigenvalue weighted by molar-refractivity contribution is 9.10. The molecular weight excluding hydrogens is 612 g/mol. The van der Waals surface area contributed by atoms with E-state index in [-0.39, 0.29) is 6.10 Å². The summed E-state index contributed by atoms with van der Waals surface area (Å²) in [6.45, 7) is 10.1. The van der Waals surface area contributed by atoms with E-state index in [4.69, 9.17) is 9.47 Å². The Morgan fingerprint density at radius 3 is 2.38 bits per heavy atom. The number of fused-ring (bicyclic) bond motifs is 3. The van der Waals surface area contributed by atoms with Crippen LogP contribution < -0.4 is 4.74 Å². The lowest BCUT2D eigenvalue weighted by Crippen LogP contribution is -2.51. The third-order valence-corrected chi connectivity index (χ3v) is 8.34. The molecule has 1 aliphatic rings. The fraction of sp³-hybridized carbons (Fsp3) is 0.312. The summed E-state index contributed by atoms with van der Waals surface area (Å²) in [5.41, 5.74) is 8.52. The number of hydrogen-bond acceptors (Lipinski definition) is 6. The van der Waals surface area contributed by atoms with E-state index >= 15 is 0 Å². The van der Waals surface area contributed by atoms with Crippen molar-refractivity contribution in [2.24, 2.45) is 0 Å². The number of esters is 1. The molecule has 0 radical (unpaired) electrons. The van der Waals surface area contributed by atoms with Crippen LogP contribution in [0.2, 0.25) is 19.6 Å². The van der Waals surface area contributed by atoms with Crippen LogP contribution in [0.15, 0.2) is 59.3 Å². The number of rotatable bonds is 5. The van der Waals surface area contributed by atoms with Crippen molar-refractivity contribution in [1.82, 2.24) is 19.9 Å². The molecule has 1 aliphatic heterocycles. The van der Waals surface area contributed by atoms with Gasteiger partial charge in [-0.3, -0.25) is 4.79 Å². The summed E-state index contributed by atoms with van der Waals surface area (Å²) in [6, 6.07) is 12.8. The van der Waals surface area contributed by atoms with E-state index in [1.807, 2.05) is 56.3 Å². The highest BCUT2D eigenvalue weighted by atomic mass is 79.9. The van der Waals surface area contributed by atoms with Crippen molar-refractivity contribution < 1.29 is 19.1 Å². The summed E-state index contributed by atoms with van der Waals surface area (Å²) in [5.74, 6) is 1.99. The Labute approximate surface area is 255 Å².